The van der Waals surface area contributed by atoms with E-state index in [1.165, 1.54) is 0 Å². The molecule has 0 bridgehead atoms. The fourth-order valence-corrected chi connectivity index (χ4v) is 2.19. The Labute approximate surface area is 122 Å². The number of unbranched alkanes of at least 4 members (excludes halogenated alkanes) is 1. The van der Waals surface area contributed by atoms with Crippen LogP contribution in [0.25, 0.3) is 0 Å². The highest BCUT2D eigenvalue weighted by atomic mass is 79.9. The molecule has 0 heterocycles. The Balaban J connectivity index is 2.76. The van der Waals surface area contributed by atoms with Crippen LogP contribution in [-0.4, -0.2) is 25.6 Å². The molecule has 0 saturated heterocycles. The van der Waals surface area contributed by atoms with Crippen LogP contribution in [0.5, 0.6) is 5.75 Å². The molecular weight excluding hydrogens is 308 g/mol. The topological polar surface area (TPSA) is 64.3 Å². The number of halogens is 1. The van der Waals surface area contributed by atoms with Gasteiger partial charge in [-0.05, 0) is 40.5 Å². The first-order valence-electron chi connectivity index (χ1n) is 6.46. The summed E-state index contributed by atoms with van der Waals surface area (Å²) in [5.74, 6) is 0.531. The number of amides is 1. The summed E-state index contributed by atoms with van der Waals surface area (Å²) in [6.07, 6.45) is 3.05. The third kappa shape index (κ3) is 4.84. The van der Waals surface area contributed by atoms with Crippen LogP contribution in [0.4, 0.5) is 0 Å². The van der Waals surface area contributed by atoms with Gasteiger partial charge in [0.25, 0.3) is 5.91 Å². The van der Waals surface area contributed by atoms with Crippen molar-refractivity contribution in [3.63, 3.8) is 0 Å². The van der Waals surface area contributed by atoms with Crippen LogP contribution in [0, 0.1) is 0 Å². The number of hydrogen-bond acceptors (Lipinski definition) is 3. The van der Waals surface area contributed by atoms with Gasteiger partial charge in [-0.2, -0.15) is 0 Å². The van der Waals surface area contributed by atoms with Crippen LogP contribution in [0.15, 0.2) is 22.7 Å². The summed E-state index contributed by atoms with van der Waals surface area (Å²) in [5.41, 5.74) is 6.25. The Morgan fingerprint density at radius 1 is 1.53 bits per heavy atom. The minimum atomic E-state index is -0.127. The van der Waals surface area contributed by atoms with Gasteiger partial charge < -0.3 is 15.8 Å². The number of rotatable bonds is 7. The monoisotopic (exact) mass is 328 g/mol. The van der Waals surface area contributed by atoms with Crippen molar-refractivity contribution in [1.82, 2.24) is 5.32 Å². The predicted octanol–water partition coefficient (Wildman–Crippen LogP) is 2.71. The molecule has 19 heavy (non-hydrogen) atoms. The Morgan fingerprint density at radius 3 is 2.84 bits per heavy atom. The van der Waals surface area contributed by atoms with E-state index in [9.17, 15) is 4.79 Å². The Kier molecular flexibility index (Phi) is 6.87. The molecule has 1 atom stereocenters. The predicted molar refractivity (Wildman–Crippen MR) is 80.5 cm³/mol. The molecule has 0 aliphatic carbocycles. The van der Waals surface area contributed by atoms with Gasteiger partial charge in [0.2, 0.25) is 0 Å². The normalized spacial score (nSPS) is 12.0. The van der Waals surface area contributed by atoms with Gasteiger partial charge >= 0.3 is 0 Å². The number of carbonyl (C=O) groups is 1. The summed E-state index contributed by atoms with van der Waals surface area (Å²) in [7, 11) is 1.58. The van der Waals surface area contributed by atoms with Gasteiger partial charge in [0.1, 0.15) is 5.75 Å². The molecule has 0 aromatic heterocycles. The van der Waals surface area contributed by atoms with Gasteiger partial charge in [0.15, 0.2) is 0 Å². The number of carbonyl (C=O) groups excluding carboxylic acids is 1. The SMILES string of the molecule is CCCCC(CN)NC(=O)c1cc(OC)ccc1Br. The maximum Gasteiger partial charge on any atom is 0.252 e. The standard InChI is InChI=1S/C14H21BrN2O2/c1-3-4-5-10(9-16)17-14(18)12-8-11(19-2)6-7-13(12)15/h6-8,10H,3-5,9,16H2,1-2H3,(H,17,18). The maximum absolute atomic E-state index is 12.2. The molecule has 5 heteroatoms. The average molecular weight is 329 g/mol. The van der Waals surface area contributed by atoms with Crippen LogP contribution in [-0.2, 0) is 0 Å². The van der Waals surface area contributed by atoms with Gasteiger partial charge in [0.05, 0.1) is 12.7 Å². The highest BCUT2D eigenvalue weighted by molar-refractivity contribution is 9.10. The quantitative estimate of drug-likeness (QED) is 0.808. The largest absolute Gasteiger partial charge is 0.497 e. The highest BCUT2D eigenvalue weighted by Crippen LogP contribution is 2.22. The van der Waals surface area contributed by atoms with Crippen molar-refractivity contribution >= 4 is 21.8 Å². The lowest BCUT2D eigenvalue weighted by Gasteiger charge is -2.17. The van der Waals surface area contributed by atoms with Crippen LogP contribution in [0.3, 0.4) is 0 Å². The van der Waals surface area contributed by atoms with Crippen molar-refractivity contribution in [3.8, 4) is 5.75 Å². The van der Waals surface area contributed by atoms with Gasteiger partial charge in [0, 0.05) is 17.1 Å². The summed E-state index contributed by atoms with van der Waals surface area (Å²) in [6, 6.07) is 5.34. The van der Waals surface area contributed by atoms with Gasteiger partial charge in [-0.15, -0.1) is 0 Å². The molecule has 4 nitrogen and oxygen atoms in total. The first-order chi connectivity index (χ1) is 9.12. The number of nitrogens with one attached hydrogen (secondary N) is 1. The Hall–Kier alpha value is -1.07. The van der Waals surface area contributed by atoms with E-state index in [4.69, 9.17) is 10.5 Å². The third-order valence-electron chi connectivity index (χ3n) is 2.94. The van der Waals surface area contributed by atoms with Gasteiger partial charge in [-0.3, -0.25) is 4.79 Å². The molecule has 0 fully saturated rings. The summed E-state index contributed by atoms with van der Waals surface area (Å²) >= 11 is 3.38. The zero-order valence-electron chi connectivity index (χ0n) is 11.4. The van der Waals surface area contributed by atoms with E-state index < -0.39 is 0 Å². The van der Waals surface area contributed by atoms with Crippen molar-refractivity contribution in [2.24, 2.45) is 5.73 Å². The summed E-state index contributed by atoms with van der Waals surface area (Å²) in [4.78, 5) is 12.2. The fraction of sp³-hybridized carbons (Fsp3) is 0.500. The van der Waals surface area contributed by atoms with Gasteiger partial charge in [-0.1, -0.05) is 19.8 Å². The van der Waals surface area contributed by atoms with E-state index >= 15 is 0 Å². The van der Waals surface area contributed by atoms with Crippen molar-refractivity contribution in [2.45, 2.75) is 32.2 Å². The molecule has 3 N–H and O–H groups in total. The molecule has 1 unspecified atom stereocenters. The number of benzene rings is 1. The minimum absolute atomic E-state index is 0.0190. The maximum atomic E-state index is 12.2. The molecule has 1 aromatic carbocycles. The van der Waals surface area contributed by atoms with Crippen LogP contribution in [0.2, 0.25) is 0 Å². The summed E-state index contributed by atoms with van der Waals surface area (Å²) in [5, 5.41) is 2.96. The van der Waals surface area contributed by atoms with Crippen LogP contribution < -0.4 is 15.8 Å². The van der Waals surface area contributed by atoms with Crippen molar-refractivity contribution in [3.05, 3.63) is 28.2 Å². The van der Waals surface area contributed by atoms with E-state index in [0.29, 0.717) is 17.9 Å². The second-order valence-electron chi connectivity index (χ2n) is 4.39. The first-order valence-corrected chi connectivity index (χ1v) is 7.26. The highest BCUT2D eigenvalue weighted by Gasteiger charge is 2.15. The lowest BCUT2D eigenvalue weighted by atomic mass is 10.1. The Bertz CT molecular complexity index is 424. The van der Waals surface area contributed by atoms with E-state index in [-0.39, 0.29) is 11.9 Å². The van der Waals surface area contributed by atoms with E-state index in [0.717, 1.165) is 23.7 Å². The molecule has 0 aliphatic heterocycles. The molecule has 0 spiro atoms. The minimum Gasteiger partial charge on any atom is -0.497 e. The molecule has 1 aromatic rings. The average Bonchev–Trinajstić information content (AvgIpc) is 2.43. The van der Waals surface area contributed by atoms with E-state index in [1.54, 1.807) is 25.3 Å². The van der Waals surface area contributed by atoms with Crippen molar-refractivity contribution in [2.75, 3.05) is 13.7 Å². The summed E-state index contributed by atoms with van der Waals surface area (Å²) < 4.78 is 5.88. The molecule has 106 valence electrons. The molecule has 1 rings (SSSR count). The Morgan fingerprint density at radius 2 is 2.26 bits per heavy atom. The summed E-state index contributed by atoms with van der Waals surface area (Å²) in [6.45, 7) is 2.57. The zero-order chi connectivity index (χ0) is 14.3. The fourth-order valence-electron chi connectivity index (χ4n) is 1.77. The molecule has 0 aliphatic rings. The lowest BCUT2D eigenvalue weighted by Crippen LogP contribution is -2.40. The molecule has 1 amide bonds. The zero-order valence-corrected chi connectivity index (χ0v) is 13.0. The molecule has 0 saturated carbocycles. The molecule has 0 radical (unpaired) electrons. The number of nitrogens with two attached hydrogens (primary N) is 1. The van der Waals surface area contributed by atoms with E-state index in [2.05, 4.69) is 28.2 Å². The number of methoxy groups -OCH3 is 1. The van der Waals surface area contributed by atoms with Gasteiger partial charge in [-0.25, -0.2) is 0 Å². The van der Waals surface area contributed by atoms with E-state index in [1.807, 2.05) is 0 Å². The smallest absolute Gasteiger partial charge is 0.252 e. The van der Waals surface area contributed by atoms with Crippen molar-refractivity contribution in [1.29, 1.82) is 0 Å². The number of hydrogen-bond donors (Lipinski definition) is 2. The van der Waals surface area contributed by atoms with Crippen LogP contribution in [0.1, 0.15) is 36.5 Å². The van der Waals surface area contributed by atoms with Crippen LogP contribution >= 0.6 is 15.9 Å². The lowest BCUT2D eigenvalue weighted by molar-refractivity contribution is 0.0934. The number of ether oxygens (including phenoxy) is 1. The van der Waals surface area contributed by atoms with Crippen molar-refractivity contribution < 1.29 is 9.53 Å². The first kappa shape index (κ1) is 16.0. The second-order valence-corrected chi connectivity index (χ2v) is 5.25. The molecular formula is C14H21BrN2O2. The third-order valence-corrected chi connectivity index (χ3v) is 3.64. The second kappa shape index (κ2) is 8.17.